The summed E-state index contributed by atoms with van der Waals surface area (Å²) in [7, 11) is 0. The number of thiazole rings is 1. The first-order valence-corrected chi connectivity index (χ1v) is 8.41. The topological polar surface area (TPSA) is 36.4 Å². The van der Waals surface area contributed by atoms with E-state index in [1.807, 2.05) is 13.0 Å². The average Bonchev–Trinajstić information content (AvgIpc) is 2.84. The number of aromatic nitrogens is 1. The molecule has 0 spiro atoms. The maximum atomic E-state index is 10.9. The van der Waals surface area contributed by atoms with E-state index in [0.717, 1.165) is 43.2 Å². The Balaban J connectivity index is 1.64. The lowest BCUT2D eigenvalue weighted by Crippen LogP contribution is -2.49. The summed E-state index contributed by atoms with van der Waals surface area (Å²) in [5, 5.41) is 14.0. The Labute approximate surface area is 130 Å². The number of benzene rings is 1. The number of aliphatic hydroxyl groups is 1. The minimum absolute atomic E-state index is 0.628. The molecule has 0 radical (unpaired) electrons. The molecule has 1 fully saturated rings. The van der Waals surface area contributed by atoms with Crippen LogP contribution in [0.3, 0.4) is 0 Å². The highest BCUT2D eigenvalue weighted by Gasteiger charge is 2.34. The van der Waals surface area contributed by atoms with Crippen LogP contribution in [0.5, 0.6) is 0 Å². The quantitative estimate of drug-likeness (QED) is 0.943. The number of likely N-dealkylation sites (tertiary alicyclic amines) is 1. The monoisotopic (exact) mass is 302 g/mol. The Morgan fingerprint density at radius 3 is 2.86 bits per heavy atom. The van der Waals surface area contributed by atoms with Crippen molar-refractivity contribution in [1.29, 1.82) is 0 Å². The van der Waals surface area contributed by atoms with Crippen molar-refractivity contribution in [3.63, 3.8) is 0 Å². The van der Waals surface area contributed by atoms with E-state index in [1.54, 1.807) is 11.3 Å². The molecule has 3 rings (SSSR count). The number of β-amino-alcohol motifs (C(OH)–C–C–N with tert-alkyl or cyclic N) is 1. The molecule has 112 valence electrons. The summed E-state index contributed by atoms with van der Waals surface area (Å²) in [6.45, 7) is 4.72. The van der Waals surface area contributed by atoms with Gasteiger partial charge in [0.05, 0.1) is 10.6 Å². The minimum Gasteiger partial charge on any atom is -0.388 e. The number of hydrogen-bond acceptors (Lipinski definition) is 4. The Hall–Kier alpha value is -1.23. The molecule has 3 nitrogen and oxygen atoms in total. The maximum Gasteiger partial charge on any atom is 0.0957 e. The van der Waals surface area contributed by atoms with Gasteiger partial charge in [0.2, 0.25) is 0 Å². The van der Waals surface area contributed by atoms with Gasteiger partial charge in [-0.25, -0.2) is 4.98 Å². The Morgan fingerprint density at radius 1 is 1.33 bits per heavy atom. The van der Waals surface area contributed by atoms with Crippen molar-refractivity contribution < 1.29 is 5.11 Å². The van der Waals surface area contributed by atoms with Crippen molar-refractivity contribution in [2.75, 3.05) is 13.1 Å². The maximum absolute atomic E-state index is 10.9. The predicted octanol–water partition coefficient (Wildman–Crippen LogP) is 3.02. The van der Waals surface area contributed by atoms with Crippen LogP contribution in [0.15, 0.2) is 35.7 Å². The van der Waals surface area contributed by atoms with Crippen LogP contribution in [-0.2, 0) is 13.0 Å². The van der Waals surface area contributed by atoms with Crippen molar-refractivity contribution in [2.45, 2.75) is 38.3 Å². The van der Waals surface area contributed by atoms with Crippen LogP contribution in [0.4, 0.5) is 0 Å². The molecule has 1 unspecified atom stereocenters. The molecule has 1 atom stereocenters. The van der Waals surface area contributed by atoms with Crippen LogP contribution in [0.1, 0.15) is 29.1 Å². The van der Waals surface area contributed by atoms with E-state index in [-0.39, 0.29) is 0 Å². The second-order valence-corrected chi connectivity index (χ2v) is 7.03. The van der Waals surface area contributed by atoms with Crippen LogP contribution in [0.25, 0.3) is 0 Å². The molecule has 0 aliphatic carbocycles. The lowest BCUT2D eigenvalue weighted by molar-refractivity contribution is -0.0327. The second-order valence-electron chi connectivity index (χ2n) is 6.08. The van der Waals surface area contributed by atoms with Crippen LogP contribution in [0.2, 0.25) is 0 Å². The Kier molecular flexibility index (Phi) is 4.38. The number of piperidine rings is 1. The molecule has 1 aromatic carbocycles. The molecule has 0 bridgehead atoms. The highest BCUT2D eigenvalue weighted by Crippen LogP contribution is 2.27. The highest BCUT2D eigenvalue weighted by molar-refractivity contribution is 7.09. The van der Waals surface area contributed by atoms with Gasteiger partial charge in [0, 0.05) is 30.6 Å². The molecule has 1 aromatic heterocycles. The average molecular weight is 302 g/mol. The molecule has 1 aliphatic rings. The summed E-state index contributed by atoms with van der Waals surface area (Å²) in [6.07, 6.45) is 2.60. The zero-order valence-corrected chi connectivity index (χ0v) is 13.3. The van der Waals surface area contributed by atoms with Crippen LogP contribution in [-0.4, -0.2) is 33.7 Å². The van der Waals surface area contributed by atoms with E-state index < -0.39 is 5.60 Å². The molecule has 1 N–H and O–H groups in total. The summed E-state index contributed by atoms with van der Waals surface area (Å²) in [4.78, 5) is 6.86. The second kappa shape index (κ2) is 6.26. The summed E-state index contributed by atoms with van der Waals surface area (Å²) < 4.78 is 0. The zero-order chi connectivity index (χ0) is 14.7. The highest BCUT2D eigenvalue weighted by atomic mass is 32.1. The zero-order valence-electron chi connectivity index (χ0n) is 12.5. The third-order valence-electron chi connectivity index (χ3n) is 4.03. The van der Waals surface area contributed by atoms with E-state index >= 15 is 0 Å². The fourth-order valence-electron chi connectivity index (χ4n) is 3.09. The molecule has 2 heterocycles. The van der Waals surface area contributed by atoms with Gasteiger partial charge in [0.1, 0.15) is 0 Å². The Bertz CT molecular complexity index is 583. The third-order valence-corrected chi connectivity index (χ3v) is 5.00. The van der Waals surface area contributed by atoms with E-state index in [9.17, 15) is 5.11 Å². The molecule has 1 saturated heterocycles. The molecule has 4 heteroatoms. The molecule has 21 heavy (non-hydrogen) atoms. The van der Waals surface area contributed by atoms with Gasteiger partial charge in [-0.1, -0.05) is 30.3 Å². The standard InChI is InChI=1S/C17H22N2OS/c1-14-12-21-16(18-14)10-17(20)8-5-9-19(13-17)11-15-6-3-2-4-7-15/h2-4,6-7,12,20H,5,8-11,13H2,1H3. The molecule has 0 saturated carbocycles. The van der Waals surface area contributed by atoms with E-state index in [4.69, 9.17) is 0 Å². The normalized spacial score (nSPS) is 23.3. The van der Waals surface area contributed by atoms with Crippen LogP contribution in [0, 0.1) is 6.92 Å². The summed E-state index contributed by atoms with van der Waals surface area (Å²) >= 11 is 1.66. The molecular weight excluding hydrogens is 280 g/mol. The summed E-state index contributed by atoms with van der Waals surface area (Å²) in [6, 6.07) is 10.5. The van der Waals surface area contributed by atoms with Crippen molar-refractivity contribution >= 4 is 11.3 Å². The number of aryl methyl sites for hydroxylation is 1. The first-order valence-electron chi connectivity index (χ1n) is 7.53. The van der Waals surface area contributed by atoms with Gasteiger partial charge < -0.3 is 5.11 Å². The van der Waals surface area contributed by atoms with Gasteiger partial charge in [-0.3, -0.25) is 4.90 Å². The van der Waals surface area contributed by atoms with Crippen molar-refractivity contribution in [1.82, 2.24) is 9.88 Å². The first-order chi connectivity index (χ1) is 10.1. The SMILES string of the molecule is Cc1csc(CC2(O)CCCN(Cc3ccccc3)C2)n1. The summed E-state index contributed by atoms with van der Waals surface area (Å²) in [5.41, 5.74) is 1.74. The van der Waals surface area contributed by atoms with Gasteiger partial charge in [0.25, 0.3) is 0 Å². The molecular formula is C17H22N2OS. The third kappa shape index (κ3) is 3.90. The van der Waals surface area contributed by atoms with E-state index in [1.165, 1.54) is 5.56 Å². The lowest BCUT2D eigenvalue weighted by atomic mass is 9.89. The van der Waals surface area contributed by atoms with Gasteiger partial charge in [-0.15, -0.1) is 11.3 Å². The van der Waals surface area contributed by atoms with Crippen LogP contribution >= 0.6 is 11.3 Å². The van der Waals surface area contributed by atoms with Gasteiger partial charge in [-0.2, -0.15) is 0 Å². The van der Waals surface area contributed by atoms with Crippen molar-refractivity contribution in [2.24, 2.45) is 0 Å². The van der Waals surface area contributed by atoms with E-state index in [0.29, 0.717) is 6.42 Å². The largest absolute Gasteiger partial charge is 0.388 e. The fourth-order valence-corrected chi connectivity index (χ4v) is 4.00. The van der Waals surface area contributed by atoms with E-state index in [2.05, 4.69) is 39.5 Å². The Morgan fingerprint density at radius 2 is 2.14 bits per heavy atom. The number of rotatable bonds is 4. The van der Waals surface area contributed by atoms with Gasteiger partial charge in [-0.05, 0) is 31.9 Å². The van der Waals surface area contributed by atoms with Crippen molar-refractivity contribution in [3.05, 3.63) is 52.0 Å². The predicted molar refractivity (Wildman–Crippen MR) is 86.5 cm³/mol. The van der Waals surface area contributed by atoms with Gasteiger partial charge >= 0.3 is 0 Å². The van der Waals surface area contributed by atoms with Gasteiger partial charge in [0.15, 0.2) is 0 Å². The molecule has 0 amide bonds. The smallest absolute Gasteiger partial charge is 0.0957 e. The lowest BCUT2D eigenvalue weighted by Gasteiger charge is -2.39. The van der Waals surface area contributed by atoms with Crippen LogP contribution < -0.4 is 0 Å². The molecule has 2 aromatic rings. The number of hydrogen-bond donors (Lipinski definition) is 1. The fraction of sp³-hybridized carbons (Fsp3) is 0.471. The first kappa shape index (κ1) is 14.7. The van der Waals surface area contributed by atoms with Crippen molar-refractivity contribution in [3.8, 4) is 0 Å². The minimum atomic E-state index is -0.628. The number of nitrogens with zero attached hydrogens (tertiary/aromatic N) is 2. The molecule has 1 aliphatic heterocycles. The summed E-state index contributed by atoms with van der Waals surface area (Å²) in [5.74, 6) is 0.